The van der Waals surface area contributed by atoms with E-state index in [1.165, 1.54) is 25.7 Å². The Labute approximate surface area is 118 Å². The molecule has 1 rings (SSSR count). The quantitative estimate of drug-likeness (QED) is 0.753. The zero-order valence-corrected chi connectivity index (χ0v) is 13.4. The number of rotatable bonds is 5. The van der Waals surface area contributed by atoms with Gasteiger partial charge in [0.25, 0.3) is 0 Å². The Bertz CT molecular complexity index is 273. The first kappa shape index (κ1) is 16.5. The third-order valence-corrected chi connectivity index (χ3v) is 4.33. The van der Waals surface area contributed by atoms with Gasteiger partial charge in [-0.2, -0.15) is 0 Å². The Morgan fingerprint density at radius 2 is 1.68 bits per heavy atom. The normalized spacial score (nSPS) is 24.5. The molecule has 1 fully saturated rings. The van der Waals surface area contributed by atoms with Gasteiger partial charge < -0.3 is 10.6 Å². The van der Waals surface area contributed by atoms with Gasteiger partial charge in [0.1, 0.15) is 0 Å². The smallest absolute Gasteiger partial charge is 0.222 e. The minimum atomic E-state index is 0.0854. The summed E-state index contributed by atoms with van der Waals surface area (Å²) in [5.74, 6) is 1.10. The maximum atomic E-state index is 11.4. The van der Waals surface area contributed by atoms with Crippen LogP contribution < -0.4 is 10.6 Å². The van der Waals surface area contributed by atoms with Gasteiger partial charge in [0.2, 0.25) is 5.91 Å². The van der Waals surface area contributed by atoms with Crippen LogP contribution >= 0.6 is 0 Å². The van der Waals surface area contributed by atoms with Gasteiger partial charge in [0.15, 0.2) is 0 Å². The van der Waals surface area contributed by atoms with E-state index in [4.69, 9.17) is 0 Å². The van der Waals surface area contributed by atoms with Crippen molar-refractivity contribution in [2.24, 2.45) is 17.3 Å². The van der Waals surface area contributed by atoms with Gasteiger partial charge in [-0.1, -0.05) is 34.6 Å². The van der Waals surface area contributed by atoms with Crippen molar-refractivity contribution in [2.75, 3.05) is 13.1 Å². The summed E-state index contributed by atoms with van der Waals surface area (Å²) in [6.07, 6.45) is 5.22. The minimum absolute atomic E-state index is 0.0854. The van der Waals surface area contributed by atoms with Crippen molar-refractivity contribution in [2.45, 2.75) is 66.3 Å². The number of carbonyl (C=O) groups is 1. The van der Waals surface area contributed by atoms with Crippen LogP contribution in [0.25, 0.3) is 0 Å². The van der Waals surface area contributed by atoms with Crippen LogP contribution in [0.15, 0.2) is 0 Å². The second-order valence-electron chi connectivity index (χ2n) is 7.31. The standard InChI is InChI=1S/C16H32N2O/c1-12(2)15(19)18-11-10-17-14-8-6-13(7-9-14)16(3,4)5/h12-14,17H,6-11H2,1-5H3,(H,18,19). The molecule has 0 aromatic carbocycles. The first-order valence-corrected chi connectivity index (χ1v) is 7.81. The summed E-state index contributed by atoms with van der Waals surface area (Å²) < 4.78 is 0. The Hall–Kier alpha value is -0.570. The lowest BCUT2D eigenvalue weighted by Gasteiger charge is -2.37. The van der Waals surface area contributed by atoms with Crippen LogP contribution in [0.1, 0.15) is 60.3 Å². The van der Waals surface area contributed by atoms with E-state index in [0.717, 1.165) is 19.0 Å². The van der Waals surface area contributed by atoms with E-state index >= 15 is 0 Å². The Morgan fingerprint density at radius 3 is 2.16 bits per heavy atom. The molecule has 2 N–H and O–H groups in total. The molecular weight excluding hydrogens is 236 g/mol. The van der Waals surface area contributed by atoms with Gasteiger partial charge >= 0.3 is 0 Å². The van der Waals surface area contributed by atoms with Crippen molar-refractivity contribution in [3.8, 4) is 0 Å². The molecule has 0 radical (unpaired) electrons. The van der Waals surface area contributed by atoms with Crippen molar-refractivity contribution in [3.05, 3.63) is 0 Å². The van der Waals surface area contributed by atoms with Crippen LogP contribution in [0.5, 0.6) is 0 Å². The summed E-state index contributed by atoms with van der Waals surface area (Å²) >= 11 is 0. The van der Waals surface area contributed by atoms with Crippen LogP contribution in [0.3, 0.4) is 0 Å². The highest BCUT2D eigenvalue weighted by Crippen LogP contribution is 2.37. The highest BCUT2D eigenvalue weighted by molar-refractivity contribution is 5.77. The molecule has 112 valence electrons. The van der Waals surface area contributed by atoms with Gasteiger partial charge in [-0.05, 0) is 37.0 Å². The van der Waals surface area contributed by atoms with E-state index in [0.29, 0.717) is 11.5 Å². The van der Waals surface area contributed by atoms with Gasteiger partial charge in [-0.25, -0.2) is 0 Å². The van der Waals surface area contributed by atoms with E-state index in [1.807, 2.05) is 13.8 Å². The monoisotopic (exact) mass is 268 g/mol. The summed E-state index contributed by atoms with van der Waals surface area (Å²) in [5.41, 5.74) is 0.455. The predicted octanol–water partition coefficient (Wildman–Crippen LogP) is 2.95. The lowest BCUT2D eigenvalue weighted by molar-refractivity contribution is -0.123. The Morgan fingerprint density at radius 1 is 1.11 bits per heavy atom. The zero-order valence-electron chi connectivity index (χ0n) is 13.4. The lowest BCUT2D eigenvalue weighted by atomic mass is 9.71. The van der Waals surface area contributed by atoms with Crippen molar-refractivity contribution in [3.63, 3.8) is 0 Å². The molecule has 0 aliphatic heterocycles. The molecule has 0 bridgehead atoms. The molecule has 3 nitrogen and oxygen atoms in total. The van der Waals surface area contributed by atoms with E-state index in [1.54, 1.807) is 0 Å². The molecule has 1 amide bonds. The molecule has 0 atom stereocenters. The van der Waals surface area contributed by atoms with Crippen molar-refractivity contribution in [1.29, 1.82) is 0 Å². The number of hydrogen-bond donors (Lipinski definition) is 2. The summed E-state index contributed by atoms with van der Waals surface area (Å²) in [5, 5.41) is 6.53. The second-order valence-corrected chi connectivity index (χ2v) is 7.31. The SMILES string of the molecule is CC(C)C(=O)NCCNC1CCC(C(C)(C)C)CC1. The zero-order chi connectivity index (χ0) is 14.5. The summed E-state index contributed by atoms with van der Waals surface area (Å²) in [6.45, 7) is 12.6. The van der Waals surface area contributed by atoms with E-state index in [2.05, 4.69) is 31.4 Å². The van der Waals surface area contributed by atoms with E-state index < -0.39 is 0 Å². The van der Waals surface area contributed by atoms with Crippen LogP contribution in [0.4, 0.5) is 0 Å². The lowest BCUT2D eigenvalue weighted by Crippen LogP contribution is -2.40. The van der Waals surface area contributed by atoms with Gasteiger partial charge in [-0.15, -0.1) is 0 Å². The molecule has 0 aromatic heterocycles. The topological polar surface area (TPSA) is 41.1 Å². The maximum Gasteiger partial charge on any atom is 0.222 e. The third-order valence-electron chi connectivity index (χ3n) is 4.33. The molecule has 0 saturated heterocycles. The summed E-state index contributed by atoms with van der Waals surface area (Å²) in [4.78, 5) is 11.4. The highest BCUT2D eigenvalue weighted by atomic mass is 16.1. The average molecular weight is 268 g/mol. The van der Waals surface area contributed by atoms with Crippen molar-refractivity contribution >= 4 is 5.91 Å². The molecule has 1 aliphatic carbocycles. The fourth-order valence-corrected chi connectivity index (χ4v) is 2.83. The number of carbonyl (C=O) groups excluding carboxylic acids is 1. The minimum Gasteiger partial charge on any atom is -0.355 e. The molecule has 1 saturated carbocycles. The second kappa shape index (κ2) is 7.28. The predicted molar refractivity (Wildman–Crippen MR) is 81.1 cm³/mol. The van der Waals surface area contributed by atoms with Gasteiger partial charge in [-0.3, -0.25) is 4.79 Å². The molecular formula is C16H32N2O. The fourth-order valence-electron chi connectivity index (χ4n) is 2.83. The Kier molecular flexibility index (Phi) is 6.31. The number of nitrogens with one attached hydrogen (secondary N) is 2. The van der Waals surface area contributed by atoms with E-state index in [9.17, 15) is 4.79 Å². The maximum absolute atomic E-state index is 11.4. The average Bonchev–Trinajstić information content (AvgIpc) is 2.33. The fraction of sp³-hybridized carbons (Fsp3) is 0.938. The van der Waals surface area contributed by atoms with Crippen LogP contribution in [0, 0.1) is 17.3 Å². The van der Waals surface area contributed by atoms with E-state index in [-0.39, 0.29) is 11.8 Å². The molecule has 0 spiro atoms. The molecule has 0 aromatic rings. The molecule has 19 heavy (non-hydrogen) atoms. The number of amides is 1. The molecule has 3 heteroatoms. The largest absolute Gasteiger partial charge is 0.355 e. The van der Waals surface area contributed by atoms with Crippen LogP contribution in [-0.2, 0) is 4.79 Å². The van der Waals surface area contributed by atoms with Crippen LogP contribution in [-0.4, -0.2) is 25.0 Å². The molecule has 1 aliphatic rings. The molecule has 0 unspecified atom stereocenters. The van der Waals surface area contributed by atoms with Crippen LogP contribution in [0.2, 0.25) is 0 Å². The summed E-state index contributed by atoms with van der Waals surface area (Å²) in [6, 6.07) is 0.648. The van der Waals surface area contributed by atoms with Crippen molar-refractivity contribution < 1.29 is 4.79 Å². The third kappa shape index (κ3) is 5.94. The van der Waals surface area contributed by atoms with Gasteiger partial charge in [0.05, 0.1) is 0 Å². The highest BCUT2D eigenvalue weighted by Gasteiger charge is 2.29. The molecule has 0 heterocycles. The first-order chi connectivity index (χ1) is 8.80. The van der Waals surface area contributed by atoms with Crippen molar-refractivity contribution in [1.82, 2.24) is 10.6 Å². The first-order valence-electron chi connectivity index (χ1n) is 7.81. The summed E-state index contributed by atoms with van der Waals surface area (Å²) in [7, 11) is 0. The Balaban J connectivity index is 2.12. The van der Waals surface area contributed by atoms with Gasteiger partial charge in [0, 0.05) is 25.0 Å². The number of hydrogen-bond acceptors (Lipinski definition) is 2.